The molecule has 2 heteroatoms. The Morgan fingerprint density at radius 3 is 1.95 bits per heavy atom. The van der Waals surface area contributed by atoms with Crippen molar-refractivity contribution in [2.24, 2.45) is 5.92 Å². The van der Waals surface area contributed by atoms with Crippen LogP contribution in [0.5, 0.6) is 0 Å². The van der Waals surface area contributed by atoms with Gasteiger partial charge in [-0.15, -0.1) is 0 Å². The number of hydrogen-bond donors (Lipinski definition) is 0. The van der Waals surface area contributed by atoms with E-state index < -0.39 is 0 Å². The van der Waals surface area contributed by atoms with Gasteiger partial charge in [-0.25, -0.2) is 0 Å². The molecule has 0 aromatic heterocycles. The highest BCUT2D eigenvalue weighted by atomic mass is 16.5. The third kappa shape index (κ3) is 13.7. The predicted molar refractivity (Wildman–Crippen MR) is 82.3 cm³/mol. The Morgan fingerprint density at radius 2 is 1.42 bits per heavy atom. The quantitative estimate of drug-likeness (QED) is 0.326. The lowest BCUT2D eigenvalue weighted by atomic mass is 9.96. The van der Waals surface area contributed by atoms with Gasteiger partial charge in [0.2, 0.25) is 0 Å². The molecule has 0 aromatic rings. The topological polar surface area (TPSA) is 26.3 Å². The van der Waals surface area contributed by atoms with Crippen LogP contribution >= 0.6 is 0 Å². The fourth-order valence-electron chi connectivity index (χ4n) is 2.52. The summed E-state index contributed by atoms with van der Waals surface area (Å²) in [5, 5.41) is 0. The minimum atomic E-state index is -0.142. The molecule has 0 rings (SSSR count). The van der Waals surface area contributed by atoms with Crippen LogP contribution in [0.25, 0.3) is 0 Å². The minimum absolute atomic E-state index is 0.142. The van der Waals surface area contributed by atoms with E-state index in [4.69, 9.17) is 4.74 Å². The Kier molecular flexibility index (Phi) is 13.5. The fourth-order valence-corrected chi connectivity index (χ4v) is 2.52. The third-order valence-corrected chi connectivity index (χ3v) is 3.69. The van der Waals surface area contributed by atoms with Crippen molar-refractivity contribution in [3.8, 4) is 0 Å². The van der Waals surface area contributed by atoms with Crippen molar-refractivity contribution in [2.75, 3.05) is 6.61 Å². The molecule has 0 N–H and O–H groups in total. The van der Waals surface area contributed by atoms with Gasteiger partial charge in [0.1, 0.15) is 0 Å². The normalized spacial score (nSPS) is 12.4. The molecule has 0 amide bonds. The van der Waals surface area contributed by atoms with Crippen molar-refractivity contribution < 1.29 is 9.53 Å². The zero-order valence-corrected chi connectivity index (χ0v) is 13.4. The zero-order valence-electron chi connectivity index (χ0n) is 13.4. The number of ether oxygens (including phenoxy) is 1. The first kappa shape index (κ1) is 18.5. The first-order valence-corrected chi connectivity index (χ1v) is 8.34. The number of carbonyl (C=O) groups excluding carboxylic acids is 1. The average Bonchev–Trinajstić information content (AvgIpc) is 2.38. The summed E-state index contributed by atoms with van der Waals surface area (Å²) in [5.74, 6) is 0.436. The van der Waals surface area contributed by atoms with Crippen LogP contribution in [0.3, 0.4) is 0 Å². The van der Waals surface area contributed by atoms with Gasteiger partial charge in [0.15, 0.2) is 0 Å². The summed E-state index contributed by atoms with van der Waals surface area (Å²) in [6, 6.07) is 0. The molecule has 0 radical (unpaired) electrons. The summed E-state index contributed by atoms with van der Waals surface area (Å²) in [6.07, 6.45) is 14.5. The summed E-state index contributed by atoms with van der Waals surface area (Å²) in [4.78, 5) is 10.8. The van der Waals surface area contributed by atoms with Gasteiger partial charge in [0, 0.05) is 6.92 Å². The molecule has 0 spiro atoms. The summed E-state index contributed by atoms with van der Waals surface area (Å²) < 4.78 is 5.14. The molecule has 0 aliphatic heterocycles. The molecule has 1 atom stereocenters. The van der Waals surface area contributed by atoms with E-state index in [0.29, 0.717) is 12.5 Å². The van der Waals surface area contributed by atoms with Crippen molar-refractivity contribution >= 4 is 5.97 Å². The SMILES string of the molecule is CCCCCCCCCCC(CCC)COC(C)=O. The first-order valence-electron chi connectivity index (χ1n) is 8.34. The highest BCUT2D eigenvalue weighted by molar-refractivity contribution is 5.65. The first-order chi connectivity index (χ1) is 9.20. The monoisotopic (exact) mass is 270 g/mol. The van der Waals surface area contributed by atoms with Crippen LogP contribution in [0, 0.1) is 5.92 Å². The van der Waals surface area contributed by atoms with E-state index in [2.05, 4.69) is 13.8 Å². The van der Waals surface area contributed by atoms with Crippen molar-refractivity contribution in [2.45, 2.75) is 91.4 Å². The summed E-state index contributed by atoms with van der Waals surface area (Å²) in [6.45, 7) is 6.59. The third-order valence-electron chi connectivity index (χ3n) is 3.69. The maximum absolute atomic E-state index is 10.8. The van der Waals surface area contributed by atoms with Crippen LogP contribution < -0.4 is 0 Å². The second-order valence-corrected chi connectivity index (χ2v) is 5.72. The average molecular weight is 270 g/mol. The van der Waals surface area contributed by atoms with Crippen molar-refractivity contribution in [1.29, 1.82) is 0 Å². The van der Waals surface area contributed by atoms with Crippen LogP contribution in [-0.2, 0) is 9.53 Å². The lowest BCUT2D eigenvalue weighted by Gasteiger charge is -2.15. The van der Waals surface area contributed by atoms with Crippen LogP contribution in [0.1, 0.15) is 91.4 Å². The maximum Gasteiger partial charge on any atom is 0.302 e. The number of unbranched alkanes of at least 4 members (excludes halogenated alkanes) is 7. The number of esters is 1. The Labute approximate surface area is 120 Å². The highest BCUT2D eigenvalue weighted by Gasteiger charge is 2.09. The Hall–Kier alpha value is -0.530. The summed E-state index contributed by atoms with van der Waals surface area (Å²) in [5.41, 5.74) is 0. The van der Waals surface area contributed by atoms with Crippen LogP contribution in [0.4, 0.5) is 0 Å². The summed E-state index contributed by atoms with van der Waals surface area (Å²) >= 11 is 0. The van der Waals surface area contributed by atoms with Gasteiger partial charge < -0.3 is 4.74 Å². The smallest absolute Gasteiger partial charge is 0.302 e. The molecular weight excluding hydrogens is 236 g/mol. The van der Waals surface area contributed by atoms with Gasteiger partial charge >= 0.3 is 5.97 Å². The second-order valence-electron chi connectivity index (χ2n) is 5.72. The molecule has 0 aliphatic carbocycles. The van der Waals surface area contributed by atoms with Crippen LogP contribution in [0.15, 0.2) is 0 Å². The van der Waals surface area contributed by atoms with Crippen LogP contribution in [0.2, 0.25) is 0 Å². The van der Waals surface area contributed by atoms with E-state index >= 15 is 0 Å². The van der Waals surface area contributed by atoms with Crippen molar-refractivity contribution in [3.63, 3.8) is 0 Å². The summed E-state index contributed by atoms with van der Waals surface area (Å²) in [7, 11) is 0. The number of carbonyl (C=O) groups is 1. The minimum Gasteiger partial charge on any atom is -0.466 e. The molecule has 114 valence electrons. The molecule has 0 saturated heterocycles. The molecule has 2 nitrogen and oxygen atoms in total. The largest absolute Gasteiger partial charge is 0.466 e. The molecule has 0 aromatic carbocycles. The van der Waals surface area contributed by atoms with E-state index in [9.17, 15) is 4.79 Å². The van der Waals surface area contributed by atoms with E-state index in [0.717, 1.165) is 0 Å². The Balaban J connectivity index is 3.44. The molecule has 0 heterocycles. The van der Waals surface area contributed by atoms with Crippen molar-refractivity contribution in [1.82, 2.24) is 0 Å². The van der Waals surface area contributed by atoms with E-state index in [1.54, 1.807) is 0 Å². The van der Waals surface area contributed by atoms with Gasteiger partial charge in [0.25, 0.3) is 0 Å². The molecule has 0 aliphatic rings. The predicted octanol–water partition coefficient (Wildman–Crippen LogP) is 5.50. The lowest BCUT2D eigenvalue weighted by Crippen LogP contribution is -2.12. The Morgan fingerprint density at radius 1 is 0.842 bits per heavy atom. The molecule has 0 saturated carbocycles. The second kappa shape index (κ2) is 13.9. The van der Waals surface area contributed by atoms with Crippen molar-refractivity contribution in [3.05, 3.63) is 0 Å². The van der Waals surface area contributed by atoms with Gasteiger partial charge in [0.05, 0.1) is 6.61 Å². The highest BCUT2D eigenvalue weighted by Crippen LogP contribution is 2.17. The fraction of sp³-hybridized carbons (Fsp3) is 0.941. The maximum atomic E-state index is 10.8. The van der Waals surface area contributed by atoms with Gasteiger partial charge in [-0.1, -0.05) is 71.6 Å². The molecule has 0 bridgehead atoms. The number of rotatable bonds is 13. The van der Waals surface area contributed by atoms with E-state index in [-0.39, 0.29) is 5.97 Å². The standard InChI is InChI=1S/C17H34O2/c1-4-6-7-8-9-10-11-12-14-17(13-5-2)15-19-16(3)18/h17H,4-15H2,1-3H3. The van der Waals surface area contributed by atoms with Gasteiger partial charge in [-0.05, 0) is 18.8 Å². The molecule has 19 heavy (non-hydrogen) atoms. The van der Waals surface area contributed by atoms with E-state index in [1.807, 2.05) is 0 Å². The number of hydrogen-bond acceptors (Lipinski definition) is 2. The van der Waals surface area contributed by atoms with Gasteiger partial charge in [-0.2, -0.15) is 0 Å². The van der Waals surface area contributed by atoms with Crippen LogP contribution in [-0.4, -0.2) is 12.6 Å². The zero-order chi connectivity index (χ0) is 14.3. The molecular formula is C17H34O2. The molecule has 0 fully saturated rings. The lowest BCUT2D eigenvalue weighted by molar-refractivity contribution is -0.142. The van der Waals surface area contributed by atoms with E-state index in [1.165, 1.54) is 77.6 Å². The van der Waals surface area contributed by atoms with Gasteiger partial charge in [-0.3, -0.25) is 4.79 Å². The molecule has 1 unspecified atom stereocenters. The Bertz CT molecular complexity index is 201.